The van der Waals surface area contributed by atoms with Crippen molar-refractivity contribution in [3.63, 3.8) is 0 Å². The predicted octanol–water partition coefficient (Wildman–Crippen LogP) is 3.22. The van der Waals surface area contributed by atoms with Crippen LogP contribution >= 0.6 is 0 Å². The van der Waals surface area contributed by atoms with Crippen molar-refractivity contribution in [3.05, 3.63) is 88.0 Å². The van der Waals surface area contributed by atoms with Gasteiger partial charge in [-0.05, 0) is 53.1 Å². The molecular weight excluding hydrogens is 366 g/mol. The molecule has 7 nitrogen and oxygen atoms in total. The first-order valence-corrected chi connectivity index (χ1v) is 9.27. The molecule has 0 fully saturated rings. The number of nitrogens with zero attached hydrogens (tertiary/aromatic N) is 5. The van der Waals surface area contributed by atoms with E-state index in [0.717, 1.165) is 22.3 Å². The van der Waals surface area contributed by atoms with E-state index in [0.29, 0.717) is 11.6 Å². The zero-order chi connectivity index (χ0) is 20.4. The Morgan fingerprint density at radius 2 is 1.76 bits per heavy atom. The standard InChI is InChI=1S/C22H21N5O2/c1-15-7-9-17(10-8-15)18-11-12-23-21(13-18)29-14-19-16(2)5-4-6-20(19)27-22(28)26(3)24-25-27/h4-13H,14H2,1-3H3. The van der Waals surface area contributed by atoms with Crippen molar-refractivity contribution in [2.24, 2.45) is 7.05 Å². The molecule has 29 heavy (non-hydrogen) atoms. The van der Waals surface area contributed by atoms with E-state index in [1.165, 1.54) is 14.9 Å². The molecule has 4 rings (SSSR count). The van der Waals surface area contributed by atoms with Crippen LogP contribution in [0.5, 0.6) is 5.88 Å². The summed E-state index contributed by atoms with van der Waals surface area (Å²) in [6, 6.07) is 17.9. The van der Waals surface area contributed by atoms with E-state index < -0.39 is 0 Å². The van der Waals surface area contributed by atoms with Crippen LogP contribution in [-0.2, 0) is 13.7 Å². The fraction of sp³-hybridized carbons (Fsp3) is 0.182. The van der Waals surface area contributed by atoms with Crippen molar-refractivity contribution in [3.8, 4) is 22.7 Å². The van der Waals surface area contributed by atoms with Gasteiger partial charge >= 0.3 is 5.69 Å². The molecule has 0 spiro atoms. The third-order valence-electron chi connectivity index (χ3n) is 4.82. The van der Waals surface area contributed by atoms with Crippen molar-refractivity contribution < 1.29 is 4.74 Å². The van der Waals surface area contributed by atoms with Gasteiger partial charge in [0.25, 0.3) is 0 Å². The van der Waals surface area contributed by atoms with Gasteiger partial charge in [-0.25, -0.2) is 9.78 Å². The highest BCUT2D eigenvalue weighted by molar-refractivity contribution is 5.64. The van der Waals surface area contributed by atoms with E-state index in [1.54, 1.807) is 13.2 Å². The zero-order valence-corrected chi connectivity index (χ0v) is 16.5. The Morgan fingerprint density at radius 3 is 2.48 bits per heavy atom. The number of aromatic nitrogens is 5. The normalized spacial score (nSPS) is 10.9. The van der Waals surface area contributed by atoms with Gasteiger partial charge in [-0.1, -0.05) is 42.0 Å². The van der Waals surface area contributed by atoms with Crippen molar-refractivity contribution in [2.45, 2.75) is 20.5 Å². The molecule has 0 N–H and O–H groups in total. The summed E-state index contributed by atoms with van der Waals surface area (Å²) in [5.74, 6) is 0.517. The molecule has 2 heterocycles. The second kappa shape index (κ2) is 7.71. The quantitative estimate of drug-likeness (QED) is 0.526. The number of hydrogen-bond donors (Lipinski definition) is 0. The van der Waals surface area contributed by atoms with Crippen LogP contribution in [0.4, 0.5) is 0 Å². The van der Waals surface area contributed by atoms with Crippen LogP contribution < -0.4 is 10.4 Å². The number of pyridine rings is 1. The second-order valence-corrected chi connectivity index (χ2v) is 6.91. The summed E-state index contributed by atoms with van der Waals surface area (Å²) in [6.07, 6.45) is 1.73. The van der Waals surface area contributed by atoms with Crippen LogP contribution in [0.1, 0.15) is 16.7 Å². The molecular formula is C22H21N5O2. The van der Waals surface area contributed by atoms with E-state index in [9.17, 15) is 4.79 Å². The van der Waals surface area contributed by atoms with Gasteiger partial charge in [-0.3, -0.25) is 0 Å². The van der Waals surface area contributed by atoms with Crippen LogP contribution in [0.3, 0.4) is 0 Å². The lowest BCUT2D eigenvalue weighted by Gasteiger charge is -2.13. The summed E-state index contributed by atoms with van der Waals surface area (Å²) < 4.78 is 8.46. The minimum Gasteiger partial charge on any atom is -0.473 e. The SMILES string of the molecule is Cc1ccc(-c2ccnc(OCc3c(C)cccc3-n3nnn(C)c3=O)c2)cc1. The summed E-state index contributed by atoms with van der Waals surface area (Å²) in [5.41, 5.74) is 5.54. The van der Waals surface area contributed by atoms with Gasteiger partial charge in [0.15, 0.2) is 0 Å². The first-order chi connectivity index (χ1) is 14.0. The molecule has 0 aliphatic carbocycles. The van der Waals surface area contributed by atoms with Crippen molar-refractivity contribution in [2.75, 3.05) is 0 Å². The highest BCUT2D eigenvalue weighted by atomic mass is 16.5. The lowest BCUT2D eigenvalue weighted by Crippen LogP contribution is -2.23. The summed E-state index contributed by atoms with van der Waals surface area (Å²) in [6.45, 7) is 4.29. The Hall–Kier alpha value is -3.74. The number of tetrazole rings is 1. The van der Waals surface area contributed by atoms with E-state index in [2.05, 4.69) is 46.6 Å². The largest absolute Gasteiger partial charge is 0.473 e. The van der Waals surface area contributed by atoms with Crippen LogP contribution in [0, 0.1) is 13.8 Å². The number of benzene rings is 2. The predicted molar refractivity (Wildman–Crippen MR) is 110 cm³/mol. The number of hydrogen-bond acceptors (Lipinski definition) is 5. The maximum atomic E-state index is 12.3. The molecule has 0 aliphatic heterocycles. The molecule has 0 aliphatic rings. The fourth-order valence-electron chi connectivity index (χ4n) is 3.10. The fourth-order valence-corrected chi connectivity index (χ4v) is 3.10. The highest BCUT2D eigenvalue weighted by Crippen LogP contribution is 2.24. The van der Waals surface area contributed by atoms with Crippen LogP contribution in [-0.4, -0.2) is 24.8 Å². The molecule has 0 radical (unpaired) electrons. The van der Waals surface area contributed by atoms with Crippen LogP contribution in [0.25, 0.3) is 16.8 Å². The van der Waals surface area contributed by atoms with Crippen molar-refractivity contribution >= 4 is 0 Å². The molecule has 2 aromatic heterocycles. The van der Waals surface area contributed by atoms with E-state index in [-0.39, 0.29) is 12.3 Å². The molecule has 0 unspecified atom stereocenters. The van der Waals surface area contributed by atoms with E-state index in [1.807, 2.05) is 37.3 Å². The maximum absolute atomic E-state index is 12.3. The Bertz CT molecular complexity index is 1210. The van der Waals surface area contributed by atoms with Gasteiger partial charge in [0.05, 0.1) is 5.69 Å². The second-order valence-electron chi connectivity index (χ2n) is 6.91. The summed E-state index contributed by atoms with van der Waals surface area (Å²) >= 11 is 0. The number of aryl methyl sites for hydroxylation is 3. The Morgan fingerprint density at radius 1 is 0.966 bits per heavy atom. The molecule has 7 heteroatoms. The topological polar surface area (TPSA) is 74.8 Å². The van der Waals surface area contributed by atoms with Crippen molar-refractivity contribution in [1.29, 1.82) is 0 Å². The summed E-state index contributed by atoms with van der Waals surface area (Å²) in [5, 5.41) is 7.75. The zero-order valence-electron chi connectivity index (χ0n) is 16.5. The first kappa shape index (κ1) is 18.6. The minimum absolute atomic E-state index is 0.259. The van der Waals surface area contributed by atoms with Gasteiger partial charge < -0.3 is 4.74 Å². The van der Waals surface area contributed by atoms with Gasteiger partial charge in [-0.15, -0.1) is 0 Å². The van der Waals surface area contributed by atoms with Gasteiger partial charge in [-0.2, -0.15) is 9.36 Å². The molecule has 0 amide bonds. The minimum atomic E-state index is -0.309. The lowest BCUT2D eigenvalue weighted by molar-refractivity contribution is 0.292. The Balaban J connectivity index is 1.62. The average molecular weight is 387 g/mol. The third-order valence-corrected chi connectivity index (χ3v) is 4.82. The smallest absolute Gasteiger partial charge is 0.368 e. The monoisotopic (exact) mass is 387 g/mol. The average Bonchev–Trinajstić information content (AvgIpc) is 3.06. The van der Waals surface area contributed by atoms with E-state index in [4.69, 9.17) is 4.74 Å². The number of ether oxygens (including phenoxy) is 1. The maximum Gasteiger partial charge on any atom is 0.368 e. The molecule has 146 valence electrons. The highest BCUT2D eigenvalue weighted by Gasteiger charge is 2.14. The van der Waals surface area contributed by atoms with E-state index >= 15 is 0 Å². The Labute approximate surface area is 168 Å². The van der Waals surface area contributed by atoms with Crippen molar-refractivity contribution in [1.82, 2.24) is 24.8 Å². The van der Waals surface area contributed by atoms with Crippen LogP contribution in [0.2, 0.25) is 0 Å². The summed E-state index contributed by atoms with van der Waals surface area (Å²) in [4.78, 5) is 16.6. The summed E-state index contributed by atoms with van der Waals surface area (Å²) in [7, 11) is 1.57. The lowest BCUT2D eigenvalue weighted by atomic mass is 10.1. The molecule has 0 bridgehead atoms. The third kappa shape index (κ3) is 3.80. The van der Waals surface area contributed by atoms with Gasteiger partial charge in [0, 0.05) is 24.9 Å². The Kier molecular flexibility index (Phi) is 4.95. The van der Waals surface area contributed by atoms with Gasteiger partial charge in [0.1, 0.15) is 6.61 Å². The first-order valence-electron chi connectivity index (χ1n) is 9.27. The molecule has 0 saturated heterocycles. The molecule has 4 aromatic rings. The molecule has 0 saturated carbocycles. The van der Waals surface area contributed by atoms with Gasteiger partial charge in [0.2, 0.25) is 5.88 Å². The van der Waals surface area contributed by atoms with Crippen LogP contribution in [0.15, 0.2) is 65.6 Å². The molecule has 0 atom stereocenters. The number of rotatable bonds is 5. The molecule has 2 aromatic carbocycles.